The van der Waals surface area contributed by atoms with Gasteiger partial charge in [0.1, 0.15) is 0 Å². The summed E-state index contributed by atoms with van der Waals surface area (Å²) in [7, 11) is 0. The zero-order valence-electron chi connectivity index (χ0n) is 29.4. The number of H-pyrrole nitrogens is 1. The molecule has 4 aliphatic heterocycles. The highest BCUT2D eigenvalue weighted by Crippen LogP contribution is 2.44. The molecule has 0 saturated heterocycles. The fraction of sp³-hybridized carbons (Fsp3) is 0. The molecule has 1 aromatic heterocycles. The van der Waals surface area contributed by atoms with E-state index in [1.165, 1.54) is 0 Å². The minimum atomic E-state index is -2.70. The van der Waals surface area contributed by atoms with Crippen molar-refractivity contribution in [3.63, 3.8) is 0 Å². The predicted octanol–water partition coefficient (Wildman–Crippen LogP) is 9.27. The highest BCUT2D eigenvalue weighted by Gasteiger charge is 2.39. The van der Waals surface area contributed by atoms with Crippen LogP contribution in [0.1, 0.15) is 48.8 Å². The van der Waals surface area contributed by atoms with Crippen molar-refractivity contribution >= 4 is 52.7 Å². The van der Waals surface area contributed by atoms with Gasteiger partial charge in [-0.15, -0.1) is 0 Å². The van der Waals surface area contributed by atoms with Crippen LogP contribution in [0.15, 0.2) is 68.0 Å². The first-order chi connectivity index (χ1) is 29.4. The third-order valence-electron chi connectivity index (χ3n) is 9.67. The Morgan fingerprint density at radius 1 is 0.371 bits per heavy atom. The van der Waals surface area contributed by atoms with Gasteiger partial charge in [0.15, 0.2) is 88.7 Å². The van der Waals surface area contributed by atoms with E-state index in [2.05, 4.69) is 20.0 Å². The molecule has 1 N–H and O–H groups in total. The maximum absolute atomic E-state index is 15.8. The van der Waals surface area contributed by atoms with Gasteiger partial charge in [0.25, 0.3) is 0 Å². The van der Waals surface area contributed by atoms with Crippen molar-refractivity contribution in [1.82, 2.24) is 4.98 Å². The van der Waals surface area contributed by atoms with Crippen molar-refractivity contribution in [2.45, 2.75) is 0 Å². The summed E-state index contributed by atoms with van der Waals surface area (Å²) in [6.45, 7) is 0. The van der Waals surface area contributed by atoms with E-state index in [0.29, 0.717) is 30.4 Å². The number of rotatable bonds is 6. The molecule has 3 aromatic carbocycles. The number of benzene rings is 3. The maximum Gasteiger partial charge on any atom is 0.200 e. The summed E-state index contributed by atoms with van der Waals surface area (Å²) in [4.78, 5) is 52.0. The molecule has 62 heavy (non-hydrogen) atoms. The number of hydrogen-bond acceptors (Lipinski definition) is 6. The molecular formula is C40H9F15N4O3. The Balaban J connectivity index is 1.63. The van der Waals surface area contributed by atoms with Crippen molar-refractivity contribution < 1.29 is 80.2 Å². The molecule has 5 heterocycles. The molecule has 8 bridgehead atoms. The molecule has 4 aromatic rings. The minimum absolute atomic E-state index is 0.122. The standard InChI is InChI=1S/C40H9F15N4O3/c41-23-20(24(42)30(48)35(53)29(23)47)17-12-1-3-14(56-12)18(21-25(43)31(49)36(54)32(50)26(21)44)38-9(6-60)5-16(58-38)39-10(7-61)11(8-62)40(59-39)19(15-4-2-13(17)57-15)22-27(45)33(51)37(55)34(52)28(22)46/h1-8,59H. The van der Waals surface area contributed by atoms with E-state index in [0.717, 1.165) is 0 Å². The molecule has 22 heteroatoms. The van der Waals surface area contributed by atoms with Crippen LogP contribution in [0.2, 0.25) is 0 Å². The molecule has 0 atom stereocenters. The average molecular weight is 879 g/mol. The van der Waals surface area contributed by atoms with Crippen LogP contribution in [0.5, 0.6) is 0 Å². The molecule has 0 radical (unpaired) electrons. The molecule has 0 aliphatic carbocycles. The number of fused-ring (bicyclic) bond motifs is 6. The first-order valence-corrected chi connectivity index (χ1v) is 16.6. The lowest BCUT2D eigenvalue weighted by atomic mass is 9.94. The van der Waals surface area contributed by atoms with E-state index in [1.54, 1.807) is 0 Å². The number of nitrogens with zero attached hydrogens (tertiary/aromatic N) is 3. The smallest absolute Gasteiger partial charge is 0.200 e. The fourth-order valence-electron chi connectivity index (χ4n) is 6.91. The van der Waals surface area contributed by atoms with Gasteiger partial charge in [0, 0.05) is 22.3 Å². The number of aliphatic imine (C=N–C) groups is 3. The SMILES string of the molecule is O=CC1=CC2=NC1=C(c1c(F)c(F)c(F)c(F)c1F)C1=NC(=C(c3c(F)c(F)c(F)c(F)c3F)C3=NC(=C(c4c(F)c(F)c(F)c(F)c4F)c4[nH]c2c(C=O)c4C=O)C=C3)C=C1. The quantitative estimate of drug-likeness (QED) is 0.0905. The van der Waals surface area contributed by atoms with E-state index in [9.17, 15) is 53.9 Å². The Morgan fingerprint density at radius 3 is 1.15 bits per heavy atom. The van der Waals surface area contributed by atoms with Crippen molar-refractivity contribution in [2.75, 3.05) is 0 Å². The van der Waals surface area contributed by atoms with Crippen molar-refractivity contribution in [3.05, 3.63) is 180 Å². The van der Waals surface area contributed by atoms with Gasteiger partial charge in [-0.1, -0.05) is 0 Å². The Kier molecular flexibility index (Phi) is 9.62. The summed E-state index contributed by atoms with van der Waals surface area (Å²) in [6.07, 6.45) is 2.71. The van der Waals surface area contributed by atoms with Gasteiger partial charge in [-0.2, -0.15) is 0 Å². The molecule has 7 nitrogen and oxygen atoms in total. The third kappa shape index (κ3) is 5.65. The predicted molar refractivity (Wildman–Crippen MR) is 184 cm³/mol. The molecule has 0 spiro atoms. The minimum Gasteiger partial charge on any atom is -0.352 e. The van der Waals surface area contributed by atoms with Gasteiger partial charge in [0.2, 0.25) is 17.5 Å². The number of aromatic amines is 1. The number of halogens is 15. The molecule has 0 unspecified atom stereocenters. The summed E-state index contributed by atoms with van der Waals surface area (Å²) < 4.78 is 226. The highest BCUT2D eigenvalue weighted by molar-refractivity contribution is 6.37. The van der Waals surface area contributed by atoms with Crippen LogP contribution in [0.25, 0.3) is 16.7 Å². The normalized spacial score (nSPS) is 15.6. The molecule has 312 valence electrons. The largest absolute Gasteiger partial charge is 0.352 e. The number of aromatic nitrogens is 1. The van der Waals surface area contributed by atoms with Crippen LogP contribution in [-0.4, -0.2) is 41.0 Å². The molecular weight excluding hydrogens is 869 g/mol. The lowest BCUT2D eigenvalue weighted by Crippen LogP contribution is -2.13. The first kappa shape index (κ1) is 41.1. The number of carbonyl (C=O) groups is 3. The summed E-state index contributed by atoms with van der Waals surface area (Å²) in [6, 6.07) is 0. The second-order valence-electron chi connectivity index (χ2n) is 12.9. The van der Waals surface area contributed by atoms with E-state index in [4.69, 9.17) is 0 Å². The maximum atomic E-state index is 15.8. The van der Waals surface area contributed by atoms with E-state index in [-0.39, 0.29) is 18.9 Å². The molecule has 4 aliphatic rings. The highest BCUT2D eigenvalue weighted by atomic mass is 19.2. The van der Waals surface area contributed by atoms with Crippen LogP contribution in [-0.2, 0) is 4.79 Å². The Labute approximate surface area is 332 Å². The molecule has 0 saturated carbocycles. The average Bonchev–Trinajstić information content (AvgIpc) is 4.09. The monoisotopic (exact) mass is 878 g/mol. The summed E-state index contributed by atoms with van der Waals surface area (Å²) in [5.41, 5.74) is -19.9. The van der Waals surface area contributed by atoms with Crippen LogP contribution in [0.3, 0.4) is 0 Å². The number of hydrogen-bond donors (Lipinski definition) is 1. The van der Waals surface area contributed by atoms with Gasteiger partial charge in [-0.3, -0.25) is 14.4 Å². The number of carbonyl (C=O) groups excluding carboxylic acids is 3. The van der Waals surface area contributed by atoms with E-state index in [1.807, 2.05) is 0 Å². The second kappa shape index (κ2) is 14.5. The van der Waals surface area contributed by atoms with Crippen molar-refractivity contribution in [2.24, 2.45) is 15.0 Å². The summed E-state index contributed by atoms with van der Waals surface area (Å²) in [5.74, 6) is -39.2. The van der Waals surface area contributed by atoms with Gasteiger partial charge < -0.3 is 4.98 Å². The van der Waals surface area contributed by atoms with Crippen LogP contribution < -0.4 is 0 Å². The lowest BCUT2D eigenvalue weighted by Gasteiger charge is -2.15. The first-order valence-electron chi connectivity index (χ1n) is 16.6. The van der Waals surface area contributed by atoms with Crippen LogP contribution >= 0.6 is 0 Å². The van der Waals surface area contributed by atoms with E-state index >= 15 is 26.3 Å². The fourth-order valence-corrected chi connectivity index (χ4v) is 6.91. The van der Waals surface area contributed by atoms with Crippen molar-refractivity contribution in [3.8, 4) is 0 Å². The zero-order chi connectivity index (χ0) is 45.0. The van der Waals surface area contributed by atoms with Gasteiger partial charge >= 0.3 is 0 Å². The Hall–Kier alpha value is -7.65. The van der Waals surface area contributed by atoms with Gasteiger partial charge in [0.05, 0.1) is 73.4 Å². The number of aldehydes is 3. The topological polar surface area (TPSA) is 104 Å². The van der Waals surface area contributed by atoms with Crippen LogP contribution in [0, 0.1) is 87.3 Å². The van der Waals surface area contributed by atoms with Gasteiger partial charge in [-0.25, -0.2) is 80.8 Å². The summed E-state index contributed by atoms with van der Waals surface area (Å²) >= 11 is 0. The number of nitrogens with one attached hydrogen (secondary N) is 1. The molecule has 0 fully saturated rings. The van der Waals surface area contributed by atoms with Gasteiger partial charge in [-0.05, 0) is 30.4 Å². The van der Waals surface area contributed by atoms with E-state index < -0.39 is 183 Å². The Morgan fingerprint density at radius 2 is 0.726 bits per heavy atom. The Bertz CT molecular complexity index is 3100. The molecule has 0 amide bonds. The van der Waals surface area contributed by atoms with Crippen molar-refractivity contribution in [1.29, 1.82) is 0 Å². The summed E-state index contributed by atoms with van der Waals surface area (Å²) in [5, 5.41) is 0. The van der Waals surface area contributed by atoms with Crippen LogP contribution in [0.4, 0.5) is 65.9 Å². The lowest BCUT2D eigenvalue weighted by molar-refractivity contribution is -0.104. The zero-order valence-corrected chi connectivity index (χ0v) is 29.4. The third-order valence-corrected chi connectivity index (χ3v) is 9.67. The molecule has 8 rings (SSSR count). The number of allylic oxidation sites excluding steroid dienone is 8. The second-order valence-corrected chi connectivity index (χ2v) is 12.9.